The van der Waals surface area contributed by atoms with E-state index in [2.05, 4.69) is 20.9 Å². The first kappa shape index (κ1) is 9.33. The molecule has 2 N–H and O–H groups in total. The topological polar surface area (TPSA) is 38.9 Å². The van der Waals surface area contributed by atoms with Gasteiger partial charge in [0, 0.05) is 11.9 Å². The molecule has 0 saturated carbocycles. The molecule has 0 aliphatic rings. The lowest BCUT2D eigenvalue weighted by atomic mass is 10.2. The minimum atomic E-state index is -0.597. The van der Waals surface area contributed by atoms with Gasteiger partial charge in [-0.2, -0.15) is 0 Å². The smallest absolute Gasteiger partial charge is 0.150 e. The molecule has 0 radical (unpaired) electrons. The average molecular weight is 259 g/mol. The number of nitrogen functional groups attached to an aromatic ring is 1. The van der Waals surface area contributed by atoms with E-state index in [1.54, 1.807) is 0 Å². The lowest BCUT2D eigenvalue weighted by Gasteiger charge is -2.04. The average Bonchev–Trinajstić information content (AvgIpc) is 2.14. The Morgan fingerprint density at radius 1 is 1.36 bits per heavy atom. The van der Waals surface area contributed by atoms with Crippen LogP contribution in [0.1, 0.15) is 0 Å². The third-order valence-corrected chi connectivity index (χ3v) is 2.47. The molecule has 14 heavy (non-hydrogen) atoms. The summed E-state index contributed by atoms with van der Waals surface area (Å²) in [7, 11) is 0. The molecular formula is C9H5BrF2N2. The van der Waals surface area contributed by atoms with Crippen LogP contribution in [0.5, 0.6) is 0 Å². The monoisotopic (exact) mass is 258 g/mol. The Labute approximate surface area is 86.9 Å². The summed E-state index contributed by atoms with van der Waals surface area (Å²) in [6.07, 6.45) is 1.34. The fourth-order valence-electron chi connectivity index (χ4n) is 1.25. The number of aromatic nitrogens is 1. The number of fused-ring (bicyclic) bond motifs is 1. The van der Waals surface area contributed by atoms with Gasteiger partial charge in [-0.1, -0.05) is 0 Å². The molecule has 0 unspecified atom stereocenters. The Bertz CT molecular complexity index is 514. The van der Waals surface area contributed by atoms with Gasteiger partial charge in [-0.25, -0.2) is 8.78 Å². The highest BCUT2D eigenvalue weighted by atomic mass is 79.9. The van der Waals surface area contributed by atoms with Crippen LogP contribution in [0.2, 0.25) is 0 Å². The van der Waals surface area contributed by atoms with Crippen molar-refractivity contribution in [2.75, 3.05) is 5.73 Å². The van der Waals surface area contributed by atoms with Crippen molar-refractivity contribution in [3.05, 3.63) is 34.4 Å². The van der Waals surface area contributed by atoms with Crippen molar-refractivity contribution in [2.45, 2.75) is 0 Å². The zero-order valence-corrected chi connectivity index (χ0v) is 8.48. The Morgan fingerprint density at radius 3 is 2.79 bits per heavy atom. The summed E-state index contributed by atoms with van der Waals surface area (Å²) in [5.74, 6) is -1.19. The van der Waals surface area contributed by atoms with Crippen molar-refractivity contribution in [1.29, 1.82) is 0 Å². The van der Waals surface area contributed by atoms with Gasteiger partial charge in [0.15, 0.2) is 5.82 Å². The van der Waals surface area contributed by atoms with Crippen LogP contribution >= 0.6 is 15.9 Å². The summed E-state index contributed by atoms with van der Waals surface area (Å²) >= 11 is 2.90. The summed E-state index contributed by atoms with van der Waals surface area (Å²) in [5, 5.41) is 0.0133. The van der Waals surface area contributed by atoms with E-state index < -0.39 is 11.6 Å². The second-order valence-electron chi connectivity index (χ2n) is 2.78. The number of hydrogen-bond donors (Lipinski definition) is 1. The van der Waals surface area contributed by atoms with E-state index in [1.807, 2.05) is 0 Å². The summed E-state index contributed by atoms with van der Waals surface area (Å²) < 4.78 is 26.8. The highest BCUT2D eigenvalue weighted by Crippen LogP contribution is 2.29. The Hall–Kier alpha value is -1.23. The highest BCUT2D eigenvalue weighted by molar-refractivity contribution is 9.10. The molecule has 0 fully saturated rings. The number of benzene rings is 1. The van der Waals surface area contributed by atoms with Gasteiger partial charge in [-0.15, -0.1) is 0 Å². The minimum absolute atomic E-state index is 0.0133. The third-order valence-electron chi connectivity index (χ3n) is 1.89. The van der Waals surface area contributed by atoms with Gasteiger partial charge in [0.2, 0.25) is 0 Å². The Kier molecular flexibility index (Phi) is 2.11. The molecule has 2 nitrogen and oxygen atoms in total. The van der Waals surface area contributed by atoms with Gasteiger partial charge in [0.25, 0.3) is 0 Å². The number of rotatable bonds is 0. The third kappa shape index (κ3) is 1.24. The zero-order valence-electron chi connectivity index (χ0n) is 6.89. The predicted octanol–water partition coefficient (Wildman–Crippen LogP) is 2.86. The molecule has 72 valence electrons. The number of halogens is 3. The SMILES string of the molecule is Nc1ccnc2c(F)cc(Br)c(F)c12. The molecule has 0 aliphatic heterocycles. The van der Waals surface area contributed by atoms with Gasteiger partial charge >= 0.3 is 0 Å². The highest BCUT2D eigenvalue weighted by Gasteiger charge is 2.13. The van der Waals surface area contributed by atoms with Crippen molar-refractivity contribution in [1.82, 2.24) is 4.98 Å². The fourth-order valence-corrected chi connectivity index (χ4v) is 1.65. The maximum Gasteiger partial charge on any atom is 0.150 e. The van der Waals surface area contributed by atoms with E-state index in [4.69, 9.17) is 5.73 Å². The molecule has 0 bridgehead atoms. The van der Waals surface area contributed by atoms with Crippen molar-refractivity contribution in [3.63, 3.8) is 0 Å². The first-order valence-corrected chi connectivity index (χ1v) is 4.58. The summed E-state index contributed by atoms with van der Waals surface area (Å²) in [4.78, 5) is 3.73. The van der Waals surface area contributed by atoms with E-state index >= 15 is 0 Å². The summed E-state index contributed by atoms with van der Waals surface area (Å²) in [6.45, 7) is 0. The second-order valence-corrected chi connectivity index (χ2v) is 3.63. The molecule has 2 rings (SSSR count). The van der Waals surface area contributed by atoms with Crippen LogP contribution in [-0.4, -0.2) is 4.98 Å². The van der Waals surface area contributed by atoms with E-state index in [-0.39, 0.29) is 21.1 Å². The number of hydrogen-bond acceptors (Lipinski definition) is 2. The summed E-state index contributed by atoms with van der Waals surface area (Å²) in [5.41, 5.74) is 5.65. The van der Waals surface area contributed by atoms with E-state index in [0.29, 0.717) is 0 Å². The van der Waals surface area contributed by atoms with Crippen LogP contribution < -0.4 is 5.73 Å². The zero-order chi connectivity index (χ0) is 10.3. The largest absolute Gasteiger partial charge is 0.398 e. The molecular weight excluding hydrogens is 254 g/mol. The second kappa shape index (κ2) is 3.16. The first-order chi connectivity index (χ1) is 6.61. The molecule has 2 aromatic rings. The maximum absolute atomic E-state index is 13.5. The van der Waals surface area contributed by atoms with Crippen molar-refractivity contribution >= 4 is 32.5 Å². The van der Waals surface area contributed by atoms with Crippen LogP contribution in [0.25, 0.3) is 10.9 Å². The molecule has 0 aliphatic carbocycles. The van der Waals surface area contributed by atoms with Crippen LogP contribution in [0, 0.1) is 11.6 Å². The fraction of sp³-hybridized carbons (Fsp3) is 0. The quantitative estimate of drug-likeness (QED) is 0.739. The van der Waals surface area contributed by atoms with Gasteiger partial charge < -0.3 is 5.73 Å². The number of pyridine rings is 1. The maximum atomic E-state index is 13.5. The van der Waals surface area contributed by atoms with E-state index in [9.17, 15) is 8.78 Å². The van der Waals surface area contributed by atoms with Crippen molar-refractivity contribution in [3.8, 4) is 0 Å². The van der Waals surface area contributed by atoms with E-state index in [1.165, 1.54) is 12.3 Å². The van der Waals surface area contributed by atoms with Crippen molar-refractivity contribution < 1.29 is 8.78 Å². The van der Waals surface area contributed by atoms with Gasteiger partial charge in [0.1, 0.15) is 11.3 Å². The minimum Gasteiger partial charge on any atom is -0.398 e. The molecule has 0 atom stereocenters. The molecule has 1 heterocycles. The normalized spacial score (nSPS) is 10.8. The number of nitrogens with zero attached hydrogens (tertiary/aromatic N) is 1. The molecule has 0 saturated heterocycles. The predicted molar refractivity (Wildman–Crippen MR) is 53.8 cm³/mol. The Morgan fingerprint density at radius 2 is 2.07 bits per heavy atom. The molecule has 1 aromatic carbocycles. The Balaban J connectivity index is 3.03. The van der Waals surface area contributed by atoms with Crippen LogP contribution in [0.4, 0.5) is 14.5 Å². The van der Waals surface area contributed by atoms with Crippen LogP contribution in [-0.2, 0) is 0 Å². The van der Waals surface area contributed by atoms with Crippen LogP contribution in [0.3, 0.4) is 0 Å². The summed E-state index contributed by atoms with van der Waals surface area (Å²) in [6, 6.07) is 2.46. The van der Waals surface area contributed by atoms with Gasteiger partial charge in [-0.05, 0) is 28.1 Å². The van der Waals surface area contributed by atoms with Crippen molar-refractivity contribution in [2.24, 2.45) is 0 Å². The first-order valence-electron chi connectivity index (χ1n) is 3.79. The van der Waals surface area contributed by atoms with E-state index in [0.717, 1.165) is 6.07 Å². The molecule has 0 spiro atoms. The molecule has 1 aromatic heterocycles. The number of anilines is 1. The molecule has 5 heteroatoms. The standard InChI is InChI=1S/C9H5BrF2N2/c10-4-3-5(11)9-7(8(4)12)6(13)1-2-14-9/h1-3H,(H2,13,14). The van der Waals surface area contributed by atoms with Gasteiger partial charge in [-0.3, -0.25) is 4.98 Å². The molecule has 0 amide bonds. The van der Waals surface area contributed by atoms with Gasteiger partial charge in [0.05, 0.1) is 9.86 Å². The lowest BCUT2D eigenvalue weighted by Crippen LogP contribution is -1.95. The number of nitrogens with two attached hydrogens (primary N) is 1. The van der Waals surface area contributed by atoms with Crippen LogP contribution in [0.15, 0.2) is 22.8 Å². The lowest BCUT2D eigenvalue weighted by molar-refractivity contribution is 0.610.